The number of aliphatic hydroxyl groups excluding tert-OH is 3. The van der Waals surface area contributed by atoms with Gasteiger partial charge in [-0.15, -0.1) is 0 Å². The maximum atomic E-state index is 10.6. The van der Waals surface area contributed by atoms with Gasteiger partial charge in [0, 0.05) is 0 Å². The summed E-state index contributed by atoms with van der Waals surface area (Å²) in [5.41, 5.74) is 0. The Balaban J connectivity index is 0.00000256. The SMILES string of the molecule is CO[C@H]1O[C@H](C[Se](=O)(=O)[O-])[C@@H](O)[C@H](O)[C@@H]1O.[Na+]. The average Bonchev–Trinajstić information content (AvgIpc) is 2.17. The molecule has 0 bridgehead atoms. The summed E-state index contributed by atoms with van der Waals surface area (Å²) in [4.78, 5) is 0. The molecule has 8 nitrogen and oxygen atoms in total. The molecule has 0 spiro atoms. The van der Waals surface area contributed by atoms with Gasteiger partial charge >= 0.3 is 122 Å². The van der Waals surface area contributed by atoms with Crippen molar-refractivity contribution in [2.75, 3.05) is 7.11 Å². The average molecular weight is 327 g/mol. The van der Waals surface area contributed by atoms with E-state index in [4.69, 9.17) is 4.74 Å². The molecule has 1 aliphatic heterocycles. The van der Waals surface area contributed by atoms with Gasteiger partial charge in [0.15, 0.2) is 0 Å². The molecule has 0 aromatic carbocycles. The number of rotatable bonds is 3. The molecule has 1 fully saturated rings. The van der Waals surface area contributed by atoms with Gasteiger partial charge in [0.2, 0.25) is 0 Å². The Kier molecular flexibility index (Phi) is 7.23. The van der Waals surface area contributed by atoms with Gasteiger partial charge in [0.1, 0.15) is 0 Å². The Morgan fingerprint density at radius 3 is 2.18 bits per heavy atom. The Hall–Kier alpha value is 0.879. The molecular formula is C7H13NaO8Se. The van der Waals surface area contributed by atoms with E-state index in [1.54, 1.807) is 0 Å². The third-order valence-electron chi connectivity index (χ3n) is 2.27. The molecule has 1 saturated heterocycles. The second-order valence-corrected chi connectivity index (χ2v) is 6.51. The molecule has 17 heavy (non-hydrogen) atoms. The van der Waals surface area contributed by atoms with E-state index in [2.05, 4.69) is 4.74 Å². The monoisotopic (exact) mass is 328 g/mol. The van der Waals surface area contributed by atoms with Crippen molar-refractivity contribution in [3.8, 4) is 0 Å². The Bertz CT molecular complexity index is 331. The quantitative estimate of drug-likeness (QED) is 0.435. The minimum atomic E-state index is -5.34. The summed E-state index contributed by atoms with van der Waals surface area (Å²) in [6, 6.07) is 0. The summed E-state index contributed by atoms with van der Waals surface area (Å²) in [5, 5.41) is 27.2. The fourth-order valence-corrected chi connectivity index (χ4v) is 2.87. The fraction of sp³-hybridized carbons (Fsp3) is 1.00. The van der Waals surface area contributed by atoms with Crippen LogP contribution in [0.15, 0.2) is 0 Å². The summed E-state index contributed by atoms with van der Waals surface area (Å²) in [5.74, 6) is 0. The fourth-order valence-electron chi connectivity index (χ4n) is 1.45. The molecule has 0 aliphatic carbocycles. The predicted octanol–water partition coefficient (Wildman–Crippen LogP) is -6.40. The van der Waals surface area contributed by atoms with E-state index in [1.165, 1.54) is 7.11 Å². The first-order chi connectivity index (χ1) is 7.26. The number of hydrogen-bond donors (Lipinski definition) is 3. The van der Waals surface area contributed by atoms with Gasteiger partial charge in [0.25, 0.3) is 0 Å². The van der Waals surface area contributed by atoms with Crippen molar-refractivity contribution in [1.82, 2.24) is 0 Å². The van der Waals surface area contributed by atoms with E-state index in [0.29, 0.717) is 0 Å². The standard InChI is InChI=1S/C7H14O8Se.Na/c1-14-7-6(10)5(9)4(8)3(15-7)2-16(11,12)13;/h3-10H,2H2,1H3,(H,11,12,13);/q;+1/p-1/t3-,4-,5+,6+,7+;/m1./s1. The minimum absolute atomic E-state index is 0. The van der Waals surface area contributed by atoms with E-state index >= 15 is 0 Å². The van der Waals surface area contributed by atoms with Crippen molar-refractivity contribution in [3.05, 3.63) is 0 Å². The van der Waals surface area contributed by atoms with Gasteiger partial charge < -0.3 is 0 Å². The van der Waals surface area contributed by atoms with Crippen LogP contribution in [-0.2, 0) is 17.1 Å². The van der Waals surface area contributed by atoms with Crippen LogP contribution < -0.4 is 33.7 Å². The van der Waals surface area contributed by atoms with Crippen molar-refractivity contribution in [3.63, 3.8) is 0 Å². The number of aliphatic hydroxyl groups is 3. The molecule has 1 aliphatic rings. The summed E-state index contributed by atoms with van der Waals surface area (Å²) in [7, 11) is 1.17. The van der Waals surface area contributed by atoms with Gasteiger partial charge in [-0.2, -0.15) is 0 Å². The molecule has 96 valence electrons. The Morgan fingerprint density at radius 1 is 1.24 bits per heavy atom. The molecular weight excluding hydrogens is 314 g/mol. The largest absolute Gasteiger partial charge is 1.00 e. The molecule has 5 atom stereocenters. The van der Waals surface area contributed by atoms with Crippen LogP contribution in [0.5, 0.6) is 0 Å². The van der Waals surface area contributed by atoms with E-state index in [0.717, 1.165) is 0 Å². The first kappa shape index (κ1) is 17.9. The van der Waals surface area contributed by atoms with Crippen molar-refractivity contribution >= 4 is 13.0 Å². The normalized spacial score (nSPS) is 38.5. The van der Waals surface area contributed by atoms with Gasteiger partial charge in [-0.1, -0.05) is 0 Å². The zero-order chi connectivity index (χ0) is 12.5. The van der Waals surface area contributed by atoms with E-state index in [-0.39, 0.29) is 29.6 Å². The number of ether oxygens (including phenoxy) is 2. The first-order valence-corrected chi connectivity index (χ1v) is 7.73. The topological polar surface area (TPSA) is 136 Å². The number of hydrogen-bond acceptors (Lipinski definition) is 8. The third-order valence-corrected chi connectivity index (χ3v) is 3.82. The van der Waals surface area contributed by atoms with Gasteiger partial charge in [-0.05, 0) is 0 Å². The van der Waals surface area contributed by atoms with Crippen LogP contribution in [0.4, 0.5) is 0 Å². The Morgan fingerprint density at radius 2 is 1.76 bits per heavy atom. The molecule has 3 N–H and O–H groups in total. The van der Waals surface area contributed by atoms with Crippen molar-refractivity contribution in [2.24, 2.45) is 0 Å². The van der Waals surface area contributed by atoms with Crippen LogP contribution in [0.25, 0.3) is 0 Å². The van der Waals surface area contributed by atoms with Crippen LogP contribution in [0.1, 0.15) is 0 Å². The molecule has 10 heteroatoms. The predicted molar refractivity (Wildman–Crippen MR) is 45.6 cm³/mol. The van der Waals surface area contributed by atoms with E-state index in [1.807, 2.05) is 0 Å². The zero-order valence-corrected chi connectivity index (χ0v) is 13.1. The molecule has 0 radical (unpaired) electrons. The van der Waals surface area contributed by atoms with Crippen molar-refractivity contribution < 1.29 is 66.2 Å². The van der Waals surface area contributed by atoms with Crippen LogP contribution >= 0.6 is 0 Å². The number of methoxy groups -OCH3 is 1. The molecule has 1 rings (SSSR count). The van der Waals surface area contributed by atoms with Crippen molar-refractivity contribution in [1.29, 1.82) is 0 Å². The van der Waals surface area contributed by atoms with Crippen LogP contribution in [0.2, 0.25) is 5.32 Å². The molecule has 0 amide bonds. The summed E-state index contributed by atoms with van der Waals surface area (Å²) < 4.78 is 41.2. The van der Waals surface area contributed by atoms with E-state index in [9.17, 15) is 27.2 Å². The molecule has 0 unspecified atom stereocenters. The maximum Gasteiger partial charge on any atom is 1.00 e. The van der Waals surface area contributed by atoms with E-state index < -0.39 is 49.1 Å². The second-order valence-electron chi connectivity index (χ2n) is 3.47. The van der Waals surface area contributed by atoms with Crippen LogP contribution in [-0.4, -0.2) is 66.2 Å². The molecule has 0 aromatic heterocycles. The molecule has 0 saturated carbocycles. The maximum absolute atomic E-state index is 10.6. The summed E-state index contributed by atoms with van der Waals surface area (Å²) >= 11 is -5.34. The molecule has 0 aromatic rings. The smallest absolute Gasteiger partial charge is 1.00 e. The van der Waals surface area contributed by atoms with Crippen LogP contribution in [0, 0.1) is 0 Å². The first-order valence-electron chi connectivity index (χ1n) is 4.42. The van der Waals surface area contributed by atoms with Gasteiger partial charge in [0.05, 0.1) is 0 Å². The van der Waals surface area contributed by atoms with Crippen molar-refractivity contribution in [2.45, 2.75) is 36.0 Å². The zero-order valence-electron chi connectivity index (χ0n) is 9.38. The van der Waals surface area contributed by atoms with Crippen LogP contribution in [0.3, 0.4) is 0 Å². The molecule has 1 heterocycles. The second kappa shape index (κ2) is 6.88. The van der Waals surface area contributed by atoms with Gasteiger partial charge in [-0.25, -0.2) is 0 Å². The third kappa shape index (κ3) is 4.81. The van der Waals surface area contributed by atoms with Gasteiger partial charge in [-0.3, -0.25) is 0 Å². The summed E-state index contributed by atoms with van der Waals surface area (Å²) in [6.45, 7) is 0. The summed E-state index contributed by atoms with van der Waals surface area (Å²) in [6.07, 6.45) is -7.43. The minimum Gasteiger partial charge on any atom is 1.00 e. The Labute approximate surface area is 122 Å².